The van der Waals surface area contributed by atoms with Gasteiger partial charge in [-0.05, 0) is 44.3 Å². The van der Waals surface area contributed by atoms with Crippen LogP contribution in [0.3, 0.4) is 0 Å². The van der Waals surface area contributed by atoms with E-state index in [2.05, 4.69) is 28.4 Å². The van der Waals surface area contributed by atoms with Gasteiger partial charge in [0.2, 0.25) is 0 Å². The van der Waals surface area contributed by atoms with Gasteiger partial charge in [-0.2, -0.15) is 4.37 Å². The lowest BCUT2D eigenvalue weighted by molar-refractivity contribution is 0.266. The molecule has 0 bridgehead atoms. The van der Waals surface area contributed by atoms with Crippen molar-refractivity contribution in [2.24, 2.45) is 5.92 Å². The topological polar surface area (TPSA) is 63.4 Å². The fourth-order valence-corrected chi connectivity index (χ4v) is 3.03. The van der Waals surface area contributed by atoms with Crippen LogP contribution in [0, 0.1) is 5.92 Å². The Labute approximate surface area is 112 Å². The highest BCUT2D eigenvalue weighted by molar-refractivity contribution is 7.11. The maximum atomic E-state index is 5.72. The Bertz CT molecular complexity index is 393. The summed E-state index contributed by atoms with van der Waals surface area (Å²) < 4.78 is 9.34. The minimum absolute atomic E-state index is 0.472. The van der Waals surface area contributed by atoms with Crippen LogP contribution in [-0.4, -0.2) is 42.1 Å². The molecule has 1 atom stereocenters. The Kier molecular flexibility index (Phi) is 4.29. The van der Waals surface area contributed by atoms with Crippen molar-refractivity contribution in [3.63, 3.8) is 0 Å². The molecule has 1 aliphatic rings. The van der Waals surface area contributed by atoms with E-state index >= 15 is 0 Å². The van der Waals surface area contributed by atoms with Gasteiger partial charge in [-0.25, -0.2) is 0 Å². The molecule has 18 heavy (non-hydrogen) atoms. The number of nitrogens with two attached hydrogens (primary N) is 1. The first kappa shape index (κ1) is 13.4. The zero-order valence-electron chi connectivity index (χ0n) is 11.3. The van der Waals surface area contributed by atoms with E-state index in [9.17, 15) is 0 Å². The largest absolute Gasteiger partial charge is 0.490 e. The number of hydrogen-bond donors (Lipinski definition) is 2. The van der Waals surface area contributed by atoms with Gasteiger partial charge in [-0.3, -0.25) is 0 Å². The minimum atomic E-state index is 0.472. The molecule has 0 amide bonds. The summed E-state index contributed by atoms with van der Waals surface area (Å²) >= 11 is 1.37. The van der Waals surface area contributed by atoms with E-state index in [0.29, 0.717) is 23.5 Å². The van der Waals surface area contributed by atoms with Crippen molar-refractivity contribution in [2.45, 2.75) is 26.3 Å². The first-order valence-electron chi connectivity index (χ1n) is 6.39. The van der Waals surface area contributed by atoms with Gasteiger partial charge in [0, 0.05) is 19.1 Å². The first-order valence-corrected chi connectivity index (χ1v) is 7.16. The number of ether oxygens (including phenoxy) is 1. The van der Waals surface area contributed by atoms with E-state index in [1.165, 1.54) is 31.0 Å². The normalized spacial score (nSPS) is 20.6. The Morgan fingerprint density at radius 1 is 1.61 bits per heavy atom. The molecule has 3 N–H and O–H groups in total. The molecule has 0 aromatic carbocycles. The molecule has 1 unspecified atom stereocenters. The summed E-state index contributed by atoms with van der Waals surface area (Å²) in [5, 5.41) is 4.35. The number of nitrogens with one attached hydrogen (secondary N) is 1. The number of anilines is 2. The fraction of sp³-hybridized carbons (Fsp3) is 0.750. The molecule has 0 aliphatic carbocycles. The highest BCUT2D eigenvalue weighted by Gasteiger charge is 2.24. The highest BCUT2D eigenvalue weighted by atomic mass is 32.1. The Morgan fingerprint density at radius 2 is 2.39 bits per heavy atom. The molecule has 2 rings (SSSR count). The molecule has 1 saturated heterocycles. The zero-order chi connectivity index (χ0) is 13.1. The van der Waals surface area contributed by atoms with Crippen LogP contribution in [0.25, 0.3) is 0 Å². The third-order valence-corrected chi connectivity index (χ3v) is 4.28. The van der Waals surface area contributed by atoms with Crippen LogP contribution >= 0.6 is 11.5 Å². The van der Waals surface area contributed by atoms with E-state index in [1.54, 1.807) is 7.11 Å². The predicted molar refractivity (Wildman–Crippen MR) is 76.4 cm³/mol. The Hall–Kier alpha value is -1.01. The van der Waals surface area contributed by atoms with E-state index in [1.807, 2.05) is 0 Å². The second kappa shape index (κ2) is 5.75. The molecule has 1 aromatic rings. The van der Waals surface area contributed by atoms with Crippen LogP contribution in [0.2, 0.25) is 0 Å². The van der Waals surface area contributed by atoms with Crippen molar-refractivity contribution in [3.05, 3.63) is 0 Å². The lowest BCUT2D eigenvalue weighted by Crippen LogP contribution is -2.29. The SMILES string of the molecule is COc1c(N)nsc1NCC1CCN(C(C)C)C1. The molecule has 1 aromatic heterocycles. The number of hydrogen-bond acceptors (Lipinski definition) is 6. The van der Waals surface area contributed by atoms with Crippen LogP contribution in [0.15, 0.2) is 0 Å². The maximum Gasteiger partial charge on any atom is 0.197 e. The van der Waals surface area contributed by atoms with Crippen molar-refractivity contribution in [1.82, 2.24) is 9.27 Å². The van der Waals surface area contributed by atoms with E-state index in [-0.39, 0.29) is 0 Å². The molecule has 1 fully saturated rings. The molecule has 0 radical (unpaired) electrons. The maximum absolute atomic E-state index is 5.72. The van der Waals surface area contributed by atoms with Crippen LogP contribution in [0.5, 0.6) is 5.75 Å². The molecule has 5 nitrogen and oxygen atoms in total. The summed E-state index contributed by atoms with van der Waals surface area (Å²) in [7, 11) is 1.63. The van der Waals surface area contributed by atoms with Gasteiger partial charge in [-0.15, -0.1) is 0 Å². The van der Waals surface area contributed by atoms with Crippen LogP contribution in [0.4, 0.5) is 10.8 Å². The number of rotatable bonds is 5. The van der Waals surface area contributed by atoms with Gasteiger partial charge in [0.25, 0.3) is 0 Å². The van der Waals surface area contributed by atoms with Gasteiger partial charge in [-0.1, -0.05) is 0 Å². The smallest absolute Gasteiger partial charge is 0.197 e. The lowest BCUT2D eigenvalue weighted by atomic mass is 10.1. The predicted octanol–water partition coefficient (Wildman–Crippen LogP) is 1.88. The van der Waals surface area contributed by atoms with Crippen LogP contribution < -0.4 is 15.8 Å². The Balaban J connectivity index is 1.85. The quantitative estimate of drug-likeness (QED) is 0.855. The average Bonchev–Trinajstić information content (AvgIpc) is 2.93. The molecule has 102 valence electrons. The highest BCUT2D eigenvalue weighted by Crippen LogP contribution is 2.35. The van der Waals surface area contributed by atoms with Crippen molar-refractivity contribution in [1.29, 1.82) is 0 Å². The summed E-state index contributed by atoms with van der Waals surface area (Å²) in [6.45, 7) is 7.83. The fourth-order valence-electron chi connectivity index (χ4n) is 2.34. The second-order valence-corrected chi connectivity index (χ2v) is 5.83. The molecule has 0 spiro atoms. The monoisotopic (exact) mass is 270 g/mol. The van der Waals surface area contributed by atoms with Gasteiger partial charge >= 0.3 is 0 Å². The first-order chi connectivity index (χ1) is 8.61. The summed E-state index contributed by atoms with van der Waals surface area (Å²) in [4.78, 5) is 2.52. The summed E-state index contributed by atoms with van der Waals surface area (Å²) in [6, 6.07) is 0.642. The number of nitrogen functional groups attached to an aromatic ring is 1. The Morgan fingerprint density at radius 3 is 3.00 bits per heavy atom. The van der Waals surface area contributed by atoms with Gasteiger partial charge in [0.1, 0.15) is 0 Å². The van der Waals surface area contributed by atoms with E-state index in [4.69, 9.17) is 10.5 Å². The molecule has 0 saturated carbocycles. The average molecular weight is 270 g/mol. The molecule has 2 heterocycles. The summed E-state index contributed by atoms with van der Waals surface area (Å²) in [6.07, 6.45) is 1.25. The van der Waals surface area contributed by atoms with Crippen molar-refractivity contribution >= 4 is 22.4 Å². The van der Waals surface area contributed by atoms with Gasteiger partial charge < -0.3 is 20.7 Å². The third-order valence-electron chi connectivity index (χ3n) is 3.48. The number of nitrogens with zero attached hydrogens (tertiary/aromatic N) is 2. The lowest BCUT2D eigenvalue weighted by Gasteiger charge is -2.20. The van der Waals surface area contributed by atoms with E-state index < -0.39 is 0 Å². The van der Waals surface area contributed by atoms with E-state index in [0.717, 1.165) is 11.5 Å². The van der Waals surface area contributed by atoms with Gasteiger partial charge in [0.05, 0.1) is 7.11 Å². The third kappa shape index (κ3) is 2.87. The van der Waals surface area contributed by atoms with Crippen LogP contribution in [-0.2, 0) is 0 Å². The molecular weight excluding hydrogens is 248 g/mol. The molecule has 6 heteroatoms. The van der Waals surface area contributed by atoms with Crippen molar-refractivity contribution in [2.75, 3.05) is 37.8 Å². The molecular formula is C12H22N4OS. The van der Waals surface area contributed by atoms with Gasteiger partial charge in [0.15, 0.2) is 16.6 Å². The van der Waals surface area contributed by atoms with Crippen LogP contribution in [0.1, 0.15) is 20.3 Å². The summed E-state index contributed by atoms with van der Waals surface area (Å²) in [5.41, 5.74) is 5.72. The summed E-state index contributed by atoms with van der Waals surface area (Å²) in [5.74, 6) is 1.85. The van der Waals surface area contributed by atoms with Crippen molar-refractivity contribution in [3.8, 4) is 5.75 Å². The number of methoxy groups -OCH3 is 1. The number of aromatic nitrogens is 1. The standard InChI is InChI=1S/C12H22N4OS/c1-8(2)16-5-4-9(7-16)6-14-12-10(17-3)11(13)15-18-12/h8-9,14H,4-7H2,1-3H3,(H2,13,15). The zero-order valence-corrected chi connectivity index (χ0v) is 12.1. The molecule has 1 aliphatic heterocycles. The van der Waals surface area contributed by atoms with Crippen molar-refractivity contribution < 1.29 is 4.74 Å². The number of likely N-dealkylation sites (tertiary alicyclic amines) is 1. The minimum Gasteiger partial charge on any atom is -0.490 e. The second-order valence-electron chi connectivity index (χ2n) is 5.05.